The van der Waals surface area contributed by atoms with Gasteiger partial charge in [0.25, 0.3) is 5.69 Å². The number of nitro groups is 1. The number of esters is 1. The predicted molar refractivity (Wildman–Crippen MR) is 71.4 cm³/mol. The molecular formula is C11H12ClNO6S. The maximum Gasteiger partial charge on any atom is 0.327 e. The number of nitrogens with zero attached hydrogens (tertiary/aromatic N) is 1. The van der Waals surface area contributed by atoms with Gasteiger partial charge in [0.1, 0.15) is 4.90 Å². The largest absolute Gasteiger partial charge is 0.468 e. The average molecular weight is 322 g/mol. The minimum atomic E-state index is -4.12. The number of alkyl halides is 1. The summed E-state index contributed by atoms with van der Waals surface area (Å²) < 4.78 is 28.8. The van der Waals surface area contributed by atoms with Crippen molar-refractivity contribution in [2.75, 3.05) is 12.9 Å². The van der Waals surface area contributed by atoms with E-state index in [1.54, 1.807) is 0 Å². The van der Waals surface area contributed by atoms with Crippen LogP contribution < -0.4 is 0 Å². The molecule has 0 aliphatic carbocycles. The lowest BCUT2D eigenvalue weighted by Gasteiger charge is -2.18. The van der Waals surface area contributed by atoms with Gasteiger partial charge in [-0.1, -0.05) is 12.1 Å². The summed E-state index contributed by atoms with van der Waals surface area (Å²) in [6.45, 7) is 1.17. The Morgan fingerprint density at radius 2 is 2.00 bits per heavy atom. The number of carbonyl (C=O) groups is 1. The summed E-state index contributed by atoms with van der Waals surface area (Å²) in [7, 11) is -3.05. The van der Waals surface area contributed by atoms with E-state index in [-0.39, 0.29) is 0 Å². The van der Waals surface area contributed by atoms with E-state index in [9.17, 15) is 23.3 Å². The molecule has 9 heteroatoms. The van der Waals surface area contributed by atoms with Gasteiger partial charge in [0, 0.05) is 6.07 Å². The normalized spacial score (nSPS) is 14.3. The number of hydrogen-bond donors (Lipinski definition) is 0. The second-order valence-corrected chi connectivity index (χ2v) is 6.97. The quantitative estimate of drug-likeness (QED) is 0.352. The molecule has 0 radical (unpaired) electrons. The zero-order valence-corrected chi connectivity index (χ0v) is 12.3. The number of methoxy groups -OCH3 is 1. The fourth-order valence-electron chi connectivity index (χ4n) is 1.58. The highest BCUT2D eigenvalue weighted by Crippen LogP contribution is 2.28. The Kier molecular flexibility index (Phi) is 4.72. The minimum absolute atomic E-state index is 0.485. The summed E-state index contributed by atoms with van der Waals surface area (Å²) >= 11 is 5.83. The first-order chi connectivity index (χ1) is 9.12. The van der Waals surface area contributed by atoms with Gasteiger partial charge >= 0.3 is 5.97 Å². The third kappa shape index (κ3) is 3.45. The Balaban J connectivity index is 3.26. The van der Waals surface area contributed by atoms with E-state index in [0.717, 1.165) is 19.2 Å². The van der Waals surface area contributed by atoms with Crippen molar-refractivity contribution in [2.45, 2.75) is 16.7 Å². The Morgan fingerprint density at radius 3 is 2.50 bits per heavy atom. The number of rotatable bonds is 5. The molecule has 0 N–H and O–H groups in total. The number of ether oxygens (including phenoxy) is 1. The van der Waals surface area contributed by atoms with Crippen LogP contribution in [0.25, 0.3) is 0 Å². The van der Waals surface area contributed by atoms with Crippen LogP contribution in [0.3, 0.4) is 0 Å². The highest BCUT2D eigenvalue weighted by Gasteiger charge is 2.39. The molecule has 0 bridgehead atoms. The van der Waals surface area contributed by atoms with E-state index in [0.29, 0.717) is 0 Å². The van der Waals surface area contributed by atoms with Crippen LogP contribution in [0.1, 0.15) is 6.92 Å². The molecule has 0 amide bonds. The molecule has 0 spiro atoms. The molecule has 0 aromatic heterocycles. The van der Waals surface area contributed by atoms with Gasteiger partial charge < -0.3 is 4.74 Å². The van der Waals surface area contributed by atoms with Crippen LogP contribution in [-0.2, 0) is 19.4 Å². The number of hydrogen-bond acceptors (Lipinski definition) is 6. The molecule has 1 rings (SSSR count). The van der Waals surface area contributed by atoms with E-state index in [4.69, 9.17) is 11.6 Å². The maximum atomic E-state index is 12.2. The summed E-state index contributed by atoms with van der Waals surface area (Å²) in [5, 5.41) is 10.8. The summed E-state index contributed by atoms with van der Waals surface area (Å²) in [6, 6.07) is 4.86. The lowest BCUT2D eigenvalue weighted by atomic mass is 10.2. The van der Waals surface area contributed by atoms with Crippen molar-refractivity contribution >= 4 is 33.1 Å². The Labute approximate surface area is 120 Å². The molecule has 1 aromatic rings. The van der Waals surface area contributed by atoms with Crippen LogP contribution in [0.2, 0.25) is 0 Å². The van der Waals surface area contributed by atoms with E-state index >= 15 is 0 Å². The molecular weight excluding hydrogens is 310 g/mol. The van der Waals surface area contributed by atoms with Crippen molar-refractivity contribution in [1.82, 2.24) is 0 Å². The lowest BCUT2D eigenvalue weighted by Crippen LogP contribution is -2.37. The Morgan fingerprint density at radius 1 is 1.45 bits per heavy atom. The number of sulfone groups is 1. The average Bonchev–Trinajstić information content (AvgIpc) is 2.36. The standard InChI is InChI=1S/C11H12ClNO6S/c1-11(12,10(14)19-2)7-20(17,18)9-6-4-3-5-8(9)13(15)16/h3-6H,7H2,1-2H3/t11-/m0/s1. The van der Waals surface area contributed by atoms with Crippen LogP contribution in [-0.4, -0.2) is 37.0 Å². The summed E-state index contributed by atoms with van der Waals surface area (Å²) in [5.41, 5.74) is -0.565. The summed E-state index contributed by atoms with van der Waals surface area (Å²) in [5.74, 6) is -1.74. The van der Waals surface area contributed by atoms with Gasteiger partial charge in [-0.3, -0.25) is 14.9 Å². The van der Waals surface area contributed by atoms with Gasteiger partial charge in [-0.15, -0.1) is 11.6 Å². The Hall–Kier alpha value is -1.67. The Bertz CT molecular complexity index is 640. The summed E-state index contributed by atoms with van der Waals surface area (Å²) in [6.07, 6.45) is 0. The highest BCUT2D eigenvalue weighted by atomic mass is 35.5. The van der Waals surface area contributed by atoms with Gasteiger partial charge in [0.05, 0.1) is 17.8 Å². The van der Waals surface area contributed by atoms with Gasteiger partial charge in [-0.05, 0) is 13.0 Å². The second-order valence-electron chi connectivity index (χ2n) is 4.17. The van der Waals surface area contributed by atoms with Crippen LogP contribution in [0.15, 0.2) is 29.2 Å². The van der Waals surface area contributed by atoms with E-state index in [1.807, 2.05) is 0 Å². The number of benzene rings is 1. The van der Waals surface area contributed by atoms with E-state index < -0.39 is 41.9 Å². The number of nitro benzene ring substituents is 1. The van der Waals surface area contributed by atoms with Crippen molar-refractivity contribution in [2.24, 2.45) is 0 Å². The summed E-state index contributed by atoms with van der Waals surface area (Å²) in [4.78, 5) is 19.1. The van der Waals surface area contributed by atoms with Crippen LogP contribution in [0.5, 0.6) is 0 Å². The SMILES string of the molecule is COC(=O)[C@@](C)(Cl)CS(=O)(=O)c1ccccc1[N+](=O)[O-]. The second kappa shape index (κ2) is 5.76. The molecule has 0 fully saturated rings. The topological polar surface area (TPSA) is 104 Å². The third-order valence-corrected chi connectivity index (χ3v) is 4.89. The molecule has 0 aliphatic rings. The van der Waals surface area contributed by atoms with Crippen molar-refractivity contribution in [3.05, 3.63) is 34.4 Å². The van der Waals surface area contributed by atoms with Crippen LogP contribution in [0.4, 0.5) is 5.69 Å². The first kappa shape index (κ1) is 16.4. The molecule has 0 saturated carbocycles. The maximum absolute atomic E-state index is 12.2. The molecule has 1 aromatic carbocycles. The predicted octanol–water partition coefficient (Wildman–Crippen LogP) is 1.54. The monoisotopic (exact) mass is 321 g/mol. The lowest BCUT2D eigenvalue weighted by molar-refractivity contribution is -0.387. The molecule has 110 valence electrons. The molecule has 0 aliphatic heterocycles. The first-order valence-electron chi connectivity index (χ1n) is 5.35. The zero-order valence-electron chi connectivity index (χ0n) is 10.7. The van der Waals surface area contributed by atoms with Gasteiger partial charge in [0.15, 0.2) is 14.7 Å². The fourth-order valence-corrected chi connectivity index (χ4v) is 3.82. The van der Waals surface area contributed by atoms with Crippen LogP contribution >= 0.6 is 11.6 Å². The fraction of sp³-hybridized carbons (Fsp3) is 0.364. The smallest absolute Gasteiger partial charge is 0.327 e. The molecule has 0 unspecified atom stereocenters. The highest BCUT2D eigenvalue weighted by molar-refractivity contribution is 7.91. The minimum Gasteiger partial charge on any atom is -0.468 e. The van der Waals surface area contributed by atoms with Crippen molar-refractivity contribution < 1.29 is 22.9 Å². The van der Waals surface area contributed by atoms with E-state index in [2.05, 4.69) is 4.74 Å². The zero-order chi connectivity index (χ0) is 15.6. The van der Waals surface area contributed by atoms with Gasteiger partial charge in [-0.25, -0.2) is 8.42 Å². The van der Waals surface area contributed by atoms with Gasteiger partial charge in [0.2, 0.25) is 0 Å². The molecule has 1 atom stereocenters. The molecule has 7 nitrogen and oxygen atoms in total. The number of halogens is 1. The van der Waals surface area contributed by atoms with Crippen molar-refractivity contribution in [3.63, 3.8) is 0 Å². The number of para-hydroxylation sites is 1. The molecule has 0 saturated heterocycles. The van der Waals surface area contributed by atoms with Crippen molar-refractivity contribution in [1.29, 1.82) is 0 Å². The van der Waals surface area contributed by atoms with Crippen molar-refractivity contribution in [3.8, 4) is 0 Å². The first-order valence-corrected chi connectivity index (χ1v) is 7.38. The van der Waals surface area contributed by atoms with Gasteiger partial charge in [-0.2, -0.15) is 0 Å². The third-order valence-electron chi connectivity index (χ3n) is 2.47. The molecule has 0 heterocycles. The number of carbonyl (C=O) groups excluding carboxylic acids is 1. The molecule has 20 heavy (non-hydrogen) atoms. The van der Waals surface area contributed by atoms with E-state index in [1.165, 1.54) is 19.1 Å². The van der Waals surface area contributed by atoms with Crippen LogP contribution in [0, 0.1) is 10.1 Å².